The number of carbonyl (C=O) groups excluding carboxylic acids is 1. The van der Waals surface area contributed by atoms with Crippen LogP contribution in [0.15, 0.2) is 35.4 Å². The van der Waals surface area contributed by atoms with Crippen LogP contribution >= 0.6 is 0 Å². The number of sulfonamides is 1. The lowest BCUT2D eigenvalue weighted by atomic mass is 9.93. The summed E-state index contributed by atoms with van der Waals surface area (Å²) in [5.74, 6) is 0.575. The van der Waals surface area contributed by atoms with Gasteiger partial charge in [-0.2, -0.15) is 9.82 Å². The predicted octanol–water partition coefficient (Wildman–Crippen LogP) is 1.01. The first-order valence-corrected chi connectivity index (χ1v) is 10.6. The van der Waals surface area contributed by atoms with Crippen molar-refractivity contribution in [2.45, 2.75) is 23.9 Å². The standard InChI is InChI=1S/C18H23N5O4S/c1-22-8-7-14(20-22)18(24)23-9-5-12(6-10-23)17-19-15-11-13(27-2)3-4-16(15)28(25,26)21-17/h3-4,7-8,11-12,17,19,21H,5-6,9-10H2,1-2H3/t17-/m0/s1. The van der Waals surface area contributed by atoms with Gasteiger partial charge in [-0.25, -0.2) is 8.42 Å². The summed E-state index contributed by atoms with van der Waals surface area (Å²) >= 11 is 0. The molecule has 0 saturated carbocycles. The number of benzene rings is 1. The predicted molar refractivity (Wildman–Crippen MR) is 103 cm³/mol. The normalized spacial score (nSPS) is 21.6. The maximum Gasteiger partial charge on any atom is 0.274 e. The minimum Gasteiger partial charge on any atom is -0.497 e. The van der Waals surface area contributed by atoms with Gasteiger partial charge in [-0.3, -0.25) is 9.48 Å². The zero-order valence-corrected chi connectivity index (χ0v) is 16.6. The molecule has 1 atom stereocenters. The molecule has 0 spiro atoms. The molecule has 0 unspecified atom stereocenters. The van der Waals surface area contributed by atoms with Crippen molar-refractivity contribution in [3.8, 4) is 5.75 Å². The number of piperidine rings is 1. The molecule has 2 aliphatic heterocycles. The number of fused-ring (bicyclic) bond motifs is 1. The molecule has 0 radical (unpaired) electrons. The molecular formula is C18H23N5O4S. The van der Waals surface area contributed by atoms with Gasteiger partial charge in [-0.15, -0.1) is 0 Å². The van der Waals surface area contributed by atoms with Crippen LogP contribution < -0.4 is 14.8 Å². The molecule has 4 rings (SSSR count). The van der Waals surface area contributed by atoms with E-state index < -0.39 is 16.2 Å². The van der Waals surface area contributed by atoms with Gasteiger partial charge < -0.3 is 15.0 Å². The number of hydrogen-bond donors (Lipinski definition) is 2. The number of anilines is 1. The maximum absolute atomic E-state index is 12.6. The molecule has 2 aliphatic rings. The second kappa shape index (κ2) is 7.10. The lowest BCUT2D eigenvalue weighted by Gasteiger charge is -2.38. The molecule has 2 aromatic rings. The second-order valence-electron chi connectivity index (χ2n) is 7.11. The van der Waals surface area contributed by atoms with Gasteiger partial charge in [-0.05, 0) is 37.0 Å². The lowest BCUT2D eigenvalue weighted by Crippen LogP contribution is -2.52. The molecule has 0 bridgehead atoms. The van der Waals surface area contributed by atoms with Crippen molar-refractivity contribution in [1.82, 2.24) is 19.4 Å². The SMILES string of the molecule is COc1ccc2c(c1)N[C@H](C1CCN(C(=O)c3ccn(C)n3)CC1)NS2(=O)=O. The number of carbonyl (C=O) groups is 1. The number of rotatable bonds is 3. The molecule has 1 aromatic heterocycles. The van der Waals surface area contributed by atoms with E-state index in [1.165, 1.54) is 6.07 Å². The summed E-state index contributed by atoms with van der Waals surface area (Å²) in [6.07, 6.45) is 2.71. The van der Waals surface area contributed by atoms with Crippen LogP contribution in [0.2, 0.25) is 0 Å². The summed E-state index contributed by atoms with van der Waals surface area (Å²) in [5, 5.41) is 7.45. The van der Waals surface area contributed by atoms with E-state index in [-0.39, 0.29) is 16.7 Å². The molecule has 0 aliphatic carbocycles. The topological polar surface area (TPSA) is 106 Å². The number of likely N-dealkylation sites (tertiary alicyclic amines) is 1. The van der Waals surface area contributed by atoms with Gasteiger partial charge in [0.2, 0.25) is 10.0 Å². The van der Waals surface area contributed by atoms with Gasteiger partial charge in [0.15, 0.2) is 0 Å². The van der Waals surface area contributed by atoms with Crippen molar-refractivity contribution in [2.75, 3.05) is 25.5 Å². The Morgan fingerprint density at radius 1 is 1.25 bits per heavy atom. The Hall–Kier alpha value is -2.59. The van der Waals surface area contributed by atoms with Crippen molar-refractivity contribution in [2.24, 2.45) is 13.0 Å². The van der Waals surface area contributed by atoms with Crippen LogP contribution in [0.3, 0.4) is 0 Å². The van der Waals surface area contributed by atoms with E-state index in [0.717, 1.165) is 0 Å². The number of nitrogens with zero attached hydrogens (tertiary/aromatic N) is 3. The third kappa shape index (κ3) is 3.45. The molecule has 3 heterocycles. The molecule has 1 amide bonds. The highest BCUT2D eigenvalue weighted by Gasteiger charge is 2.36. The molecule has 2 N–H and O–H groups in total. The van der Waals surface area contributed by atoms with E-state index in [4.69, 9.17) is 4.74 Å². The van der Waals surface area contributed by atoms with Gasteiger partial charge in [-0.1, -0.05) is 0 Å². The molecule has 1 aromatic carbocycles. The lowest BCUT2D eigenvalue weighted by molar-refractivity contribution is 0.0672. The minimum atomic E-state index is -3.60. The molecule has 9 nitrogen and oxygen atoms in total. The van der Waals surface area contributed by atoms with E-state index in [2.05, 4.69) is 15.1 Å². The summed E-state index contributed by atoms with van der Waals surface area (Å²) in [7, 11) is -0.278. The zero-order valence-electron chi connectivity index (χ0n) is 15.8. The number of nitrogens with one attached hydrogen (secondary N) is 2. The van der Waals surface area contributed by atoms with E-state index in [1.807, 2.05) is 0 Å². The molecule has 10 heteroatoms. The third-order valence-electron chi connectivity index (χ3n) is 5.30. The van der Waals surface area contributed by atoms with Crippen molar-refractivity contribution >= 4 is 21.6 Å². The Kier molecular flexibility index (Phi) is 4.76. The number of aromatic nitrogens is 2. The second-order valence-corrected chi connectivity index (χ2v) is 8.79. The van der Waals surface area contributed by atoms with Crippen molar-refractivity contribution in [3.63, 3.8) is 0 Å². The largest absolute Gasteiger partial charge is 0.497 e. The minimum absolute atomic E-state index is 0.0712. The quantitative estimate of drug-likeness (QED) is 0.790. The number of methoxy groups -OCH3 is 1. The smallest absolute Gasteiger partial charge is 0.274 e. The number of ether oxygens (including phenoxy) is 1. The zero-order chi connectivity index (χ0) is 19.9. The van der Waals surface area contributed by atoms with Crippen LogP contribution in [-0.2, 0) is 17.1 Å². The molecule has 150 valence electrons. The Morgan fingerprint density at radius 3 is 2.64 bits per heavy atom. The first-order chi connectivity index (χ1) is 13.4. The van der Waals surface area contributed by atoms with Crippen LogP contribution in [0.1, 0.15) is 23.3 Å². The fraction of sp³-hybridized carbons (Fsp3) is 0.444. The monoisotopic (exact) mass is 405 g/mol. The number of aryl methyl sites for hydroxylation is 1. The van der Waals surface area contributed by atoms with Crippen molar-refractivity contribution in [3.05, 3.63) is 36.2 Å². The summed E-state index contributed by atoms with van der Waals surface area (Å²) in [4.78, 5) is 14.5. The Morgan fingerprint density at radius 2 is 2.00 bits per heavy atom. The van der Waals surface area contributed by atoms with Gasteiger partial charge in [0.1, 0.15) is 16.3 Å². The van der Waals surface area contributed by atoms with Crippen LogP contribution in [-0.4, -0.2) is 55.4 Å². The average Bonchev–Trinajstić information content (AvgIpc) is 3.12. The van der Waals surface area contributed by atoms with E-state index >= 15 is 0 Å². The van der Waals surface area contributed by atoms with Gasteiger partial charge in [0, 0.05) is 32.4 Å². The van der Waals surface area contributed by atoms with E-state index in [1.54, 1.807) is 48.1 Å². The number of amides is 1. The highest BCUT2D eigenvalue weighted by Crippen LogP contribution is 2.33. The summed E-state index contributed by atoms with van der Waals surface area (Å²) < 4.78 is 34.8. The van der Waals surface area contributed by atoms with E-state index in [0.29, 0.717) is 43.1 Å². The summed E-state index contributed by atoms with van der Waals surface area (Å²) in [6.45, 7) is 1.12. The molecule has 28 heavy (non-hydrogen) atoms. The number of hydrogen-bond acceptors (Lipinski definition) is 6. The maximum atomic E-state index is 12.6. The van der Waals surface area contributed by atoms with Gasteiger partial charge >= 0.3 is 0 Å². The Balaban J connectivity index is 1.45. The van der Waals surface area contributed by atoms with E-state index in [9.17, 15) is 13.2 Å². The fourth-order valence-corrected chi connectivity index (χ4v) is 5.12. The van der Waals surface area contributed by atoms with Crippen molar-refractivity contribution < 1.29 is 17.9 Å². The van der Waals surface area contributed by atoms with Gasteiger partial charge in [0.05, 0.1) is 19.0 Å². The summed E-state index contributed by atoms with van der Waals surface area (Å²) in [5.41, 5.74) is 0.966. The first-order valence-electron chi connectivity index (χ1n) is 9.13. The third-order valence-corrected chi connectivity index (χ3v) is 6.80. The van der Waals surface area contributed by atoms with Crippen LogP contribution in [0, 0.1) is 5.92 Å². The van der Waals surface area contributed by atoms with Gasteiger partial charge in [0.25, 0.3) is 5.91 Å². The summed E-state index contributed by atoms with van der Waals surface area (Å²) in [6, 6.07) is 6.56. The average molecular weight is 405 g/mol. The van der Waals surface area contributed by atoms with Crippen LogP contribution in [0.4, 0.5) is 5.69 Å². The van der Waals surface area contributed by atoms with Crippen LogP contribution in [0.25, 0.3) is 0 Å². The molecule has 1 fully saturated rings. The highest BCUT2D eigenvalue weighted by atomic mass is 32.2. The van der Waals surface area contributed by atoms with Crippen LogP contribution in [0.5, 0.6) is 5.75 Å². The Labute approximate surface area is 163 Å². The fourth-order valence-electron chi connectivity index (χ4n) is 3.75. The first kappa shape index (κ1) is 18.8. The molecule has 1 saturated heterocycles. The Bertz CT molecular complexity index is 995. The van der Waals surface area contributed by atoms with Crippen molar-refractivity contribution in [1.29, 1.82) is 0 Å². The highest BCUT2D eigenvalue weighted by molar-refractivity contribution is 7.89. The molecular weight excluding hydrogens is 382 g/mol.